The minimum Gasteiger partial charge on any atom is -0.298 e. The van der Waals surface area contributed by atoms with Crippen molar-refractivity contribution in [2.75, 3.05) is 0 Å². The summed E-state index contributed by atoms with van der Waals surface area (Å²) in [5.41, 5.74) is 5.73. The van der Waals surface area contributed by atoms with Crippen LogP contribution in [0.25, 0.3) is 10.9 Å². The lowest BCUT2D eigenvalue weighted by atomic mass is 10.2. The zero-order chi connectivity index (χ0) is 21.5. The number of carbonyl (C=O) groups excluding carboxylic acids is 1. The van der Waals surface area contributed by atoms with Gasteiger partial charge in [0.1, 0.15) is 0 Å². The van der Waals surface area contributed by atoms with Crippen LogP contribution in [0.5, 0.6) is 0 Å². The molecule has 0 aliphatic rings. The van der Waals surface area contributed by atoms with E-state index in [9.17, 15) is 9.59 Å². The molecular formula is C25H24N4O2. The van der Waals surface area contributed by atoms with Crippen LogP contribution in [-0.4, -0.2) is 20.5 Å². The van der Waals surface area contributed by atoms with Crippen molar-refractivity contribution < 1.29 is 4.79 Å². The first-order valence-corrected chi connectivity index (χ1v) is 10.3. The van der Waals surface area contributed by atoms with E-state index in [0.717, 1.165) is 11.1 Å². The molecule has 6 nitrogen and oxygen atoms in total. The molecule has 156 valence electrons. The summed E-state index contributed by atoms with van der Waals surface area (Å²) in [4.78, 5) is 29.6. The Morgan fingerprint density at radius 2 is 1.42 bits per heavy atom. The molecule has 1 amide bonds. The van der Waals surface area contributed by atoms with Crippen LogP contribution >= 0.6 is 0 Å². The Balaban J connectivity index is 1.43. The van der Waals surface area contributed by atoms with Crippen LogP contribution < -0.4 is 11.0 Å². The molecular weight excluding hydrogens is 388 g/mol. The lowest BCUT2D eigenvalue weighted by Gasteiger charge is -2.23. The van der Waals surface area contributed by atoms with Gasteiger partial charge in [0.2, 0.25) is 5.91 Å². The van der Waals surface area contributed by atoms with Gasteiger partial charge in [-0.3, -0.25) is 19.6 Å². The highest BCUT2D eigenvalue weighted by atomic mass is 16.2. The summed E-state index contributed by atoms with van der Waals surface area (Å²) in [6.07, 6.45) is 1.68. The molecule has 31 heavy (non-hydrogen) atoms. The van der Waals surface area contributed by atoms with Crippen molar-refractivity contribution >= 4 is 16.8 Å². The monoisotopic (exact) mass is 412 g/mol. The third-order valence-electron chi connectivity index (χ3n) is 5.03. The number of hydrogen-bond donors (Lipinski definition) is 1. The van der Waals surface area contributed by atoms with Gasteiger partial charge in [-0.25, -0.2) is 9.99 Å². The molecule has 4 aromatic rings. The normalized spacial score (nSPS) is 11.0. The van der Waals surface area contributed by atoms with Crippen LogP contribution in [0.3, 0.4) is 0 Å². The van der Waals surface area contributed by atoms with Crippen LogP contribution in [0.2, 0.25) is 0 Å². The molecule has 1 N–H and O–H groups in total. The van der Waals surface area contributed by atoms with Crippen molar-refractivity contribution in [3.63, 3.8) is 0 Å². The van der Waals surface area contributed by atoms with E-state index in [1.165, 1.54) is 10.9 Å². The fraction of sp³-hybridized carbons (Fsp3) is 0.160. The number of nitrogens with zero attached hydrogens (tertiary/aromatic N) is 3. The summed E-state index contributed by atoms with van der Waals surface area (Å²) in [7, 11) is 0. The van der Waals surface area contributed by atoms with E-state index >= 15 is 0 Å². The summed E-state index contributed by atoms with van der Waals surface area (Å²) in [5.74, 6) is -0.146. The highest BCUT2D eigenvalue weighted by Gasteiger charge is 2.12. The highest BCUT2D eigenvalue weighted by molar-refractivity contribution is 5.77. The fourth-order valence-electron chi connectivity index (χ4n) is 3.46. The van der Waals surface area contributed by atoms with Crippen molar-refractivity contribution in [3.05, 3.63) is 113 Å². The first-order chi connectivity index (χ1) is 15.2. The van der Waals surface area contributed by atoms with E-state index in [-0.39, 0.29) is 24.4 Å². The van der Waals surface area contributed by atoms with Gasteiger partial charge in [0, 0.05) is 26.1 Å². The summed E-state index contributed by atoms with van der Waals surface area (Å²) >= 11 is 0. The van der Waals surface area contributed by atoms with Gasteiger partial charge in [-0.05, 0) is 23.3 Å². The first kappa shape index (κ1) is 20.5. The minimum atomic E-state index is -0.146. The number of carbonyl (C=O) groups is 1. The molecule has 0 aliphatic heterocycles. The average molecular weight is 412 g/mol. The molecule has 0 fully saturated rings. The third-order valence-corrected chi connectivity index (χ3v) is 5.03. The van der Waals surface area contributed by atoms with E-state index in [0.29, 0.717) is 24.0 Å². The molecule has 1 heterocycles. The van der Waals surface area contributed by atoms with Gasteiger partial charge in [-0.2, -0.15) is 0 Å². The number of aryl methyl sites for hydroxylation is 1. The molecule has 0 spiro atoms. The largest absolute Gasteiger partial charge is 0.298 e. The number of amides is 1. The van der Waals surface area contributed by atoms with E-state index < -0.39 is 0 Å². The third kappa shape index (κ3) is 5.43. The van der Waals surface area contributed by atoms with Crippen LogP contribution in [0.4, 0.5) is 0 Å². The Bertz CT molecular complexity index is 1160. The molecule has 0 radical (unpaired) electrons. The molecule has 0 saturated carbocycles. The van der Waals surface area contributed by atoms with Gasteiger partial charge in [0.05, 0.1) is 17.2 Å². The number of hydrazine groups is 1. The number of benzene rings is 3. The Hall–Kier alpha value is -3.77. The van der Waals surface area contributed by atoms with Gasteiger partial charge in [0.25, 0.3) is 5.56 Å². The molecule has 0 bridgehead atoms. The predicted molar refractivity (Wildman–Crippen MR) is 121 cm³/mol. The second-order valence-corrected chi connectivity index (χ2v) is 7.37. The zero-order valence-electron chi connectivity index (χ0n) is 17.1. The standard InChI is InChI=1S/C25H24N4O2/c30-24(15-16-28-19-26-23-14-8-7-13-22(23)25(28)31)27-29(17-20-9-3-1-4-10-20)18-21-11-5-2-6-12-21/h1-14,19H,15-18H2,(H,27,30). The van der Waals surface area contributed by atoms with Gasteiger partial charge >= 0.3 is 0 Å². The highest BCUT2D eigenvalue weighted by Crippen LogP contribution is 2.09. The van der Waals surface area contributed by atoms with Crippen LogP contribution in [0, 0.1) is 0 Å². The summed E-state index contributed by atoms with van der Waals surface area (Å²) in [5, 5.41) is 2.45. The quantitative estimate of drug-likeness (QED) is 0.450. The number of fused-ring (bicyclic) bond motifs is 1. The van der Waals surface area contributed by atoms with Crippen molar-refractivity contribution in [2.45, 2.75) is 26.1 Å². The number of nitrogens with one attached hydrogen (secondary N) is 1. The van der Waals surface area contributed by atoms with Crippen LogP contribution in [0.1, 0.15) is 17.5 Å². The molecule has 3 aromatic carbocycles. The van der Waals surface area contributed by atoms with Crippen molar-refractivity contribution in [2.24, 2.45) is 0 Å². The lowest BCUT2D eigenvalue weighted by Crippen LogP contribution is -2.41. The van der Waals surface area contributed by atoms with Crippen molar-refractivity contribution in [1.29, 1.82) is 0 Å². The maximum Gasteiger partial charge on any atom is 0.261 e. The average Bonchev–Trinajstić information content (AvgIpc) is 2.80. The fourth-order valence-corrected chi connectivity index (χ4v) is 3.46. The predicted octanol–water partition coefficient (Wildman–Crippen LogP) is 3.52. The van der Waals surface area contributed by atoms with Crippen molar-refractivity contribution in [1.82, 2.24) is 20.0 Å². The molecule has 0 saturated heterocycles. The summed E-state index contributed by atoms with van der Waals surface area (Å²) < 4.78 is 1.49. The lowest BCUT2D eigenvalue weighted by molar-refractivity contribution is -0.126. The van der Waals surface area contributed by atoms with E-state index in [1.54, 1.807) is 12.1 Å². The maximum absolute atomic E-state index is 12.7. The molecule has 0 unspecified atom stereocenters. The molecule has 0 atom stereocenters. The number of hydrogen-bond acceptors (Lipinski definition) is 4. The zero-order valence-corrected chi connectivity index (χ0v) is 17.1. The number of aromatic nitrogens is 2. The SMILES string of the molecule is O=C(CCn1cnc2ccccc2c1=O)NN(Cc1ccccc1)Cc1ccccc1. The molecule has 1 aromatic heterocycles. The molecule has 6 heteroatoms. The Kier molecular flexibility index (Phi) is 6.50. The van der Waals surface area contributed by atoms with E-state index in [2.05, 4.69) is 10.4 Å². The Labute approximate surface area is 180 Å². The van der Waals surface area contributed by atoms with Crippen LogP contribution in [-0.2, 0) is 24.4 Å². The van der Waals surface area contributed by atoms with Gasteiger partial charge in [-0.1, -0.05) is 72.8 Å². The second-order valence-electron chi connectivity index (χ2n) is 7.37. The topological polar surface area (TPSA) is 67.2 Å². The van der Waals surface area contributed by atoms with E-state index in [4.69, 9.17) is 0 Å². The smallest absolute Gasteiger partial charge is 0.261 e. The van der Waals surface area contributed by atoms with Crippen LogP contribution in [0.15, 0.2) is 96.1 Å². The van der Waals surface area contributed by atoms with Gasteiger partial charge in [-0.15, -0.1) is 0 Å². The van der Waals surface area contributed by atoms with E-state index in [1.807, 2.05) is 77.8 Å². The van der Waals surface area contributed by atoms with Gasteiger partial charge in [0.15, 0.2) is 0 Å². The Morgan fingerprint density at radius 1 is 0.839 bits per heavy atom. The summed E-state index contributed by atoms with van der Waals surface area (Å²) in [6.45, 7) is 1.44. The molecule has 0 aliphatic carbocycles. The number of para-hydroxylation sites is 1. The van der Waals surface area contributed by atoms with Crippen molar-refractivity contribution in [3.8, 4) is 0 Å². The van der Waals surface area contributed by atoms with Gasteiger partial charge < -0.3 is 0 Å². The summed E-state index contributed by atoms with van der Waals surface area (Å²) in [6, 6.07) is 27.2. The molecule has 4 rings (SSSR count). The maximum atomic E-state index is 12.7. The first-order valence-electron chi connectivity index (χ1n) is 10.3. The number of rotatable bonds is 8. The second kappa shape index (κ2) is 9.82. The Morgan fingerprint density at radius 3 is 2.06 bits per heavy atom. The minimum absolute atomic E-state index is 0.135.